The average Bonchev–Trinajstić information content (AvgIpc) is 2.19. The van der Waals surface area contributed by atoms with Gasteiger partial charge in [-0.05, 0) is 6.07 Å². The highest BCUT2D eigenvalue weighted by Crippen LogP contribution is 2.10. The van der Waals surface area contributed by atoms with Crippen LogP contribution in [-0.2, 0) is 11.3 Å². The Bertz CT molecular complexity index is 252. The summed E-state index contributed by atoms with van der Waals surface area (Å²) in [7, 11) is 1.62. The molecule has 0 saturated carbocycles. The molecule has 0 aromatic carbocycles. The second-order valence-electron chi connectivity index (χ2n) is 2.48. The molecule has 0 aliphatic carbocycles. The molecule has 1 aromatic heterocycles. The van der Waals surface area contributed by atoms with Crippen molar-refractivity contribution in [2.24, 2.45) is 0 Å². The van der Waals surface area contributed by atoms with Gasteiger partial charge >= 0.3 is 0 Å². The molecule has 1 aromatic rings. The fourth-order valence-electron chi connectivity index (χ4n) is 0.875. The molecule has 1 N–H and O–H groups in total. The molecule has 72 valence electrons. The van der Waals surface area contributed by atoms with Crippen LogP contribution in [-0.4, -0.2) is 30.4 Å². The summed E-state index contributed by atoms with van der Waals surface area (Å²) in [4.78, 5) is 3.92. The summed E-state index contributed by atoms with van der Waals surface area (Å²) in [6.07, 6.45) is 1.60. The fourth-order valence-corrected chi connectivity index (χ4v) is 0.875. The zero-order chi connectivity index (χ0) is 9.52. The van der Waals surface area contributed by atoms with Crippen molar-refractivity contribution in [1.82, 2.24) is 4.98 Å². The molecule has 1 heterocycles. The predicted molar refractivity (Wildman–Crippen MR) is 47.5 cm³/mol. The van der Waals surface area contributed by atoms with Gasteiger partial charge in [-0.25, -0.2) is 0 Å². The van der Waals surface area contributed by atoms with Crippen molar-refractivity contribution >= 4 is 0 Å². The zero-order valence-electron chi connectivity index (χ0n) is 7.56. The Morgan fingerprint density at radius 3 is 3.00 bits per heavy atom. The maximum Gasteiger partial charge on any atom is 0.122 e. The normalized spacial score (nSPS) is 10.0. The van der Waals surface area contributed by atoms with Gasteiger partial charge in [0, 0.05) is 19.4 Å². The third-order valence-corrected chi connectivity index (χ3v) is 1.51. The Morgan fingerprint density at radius 1 is 1.46 bits per heavy atom. The van der Waals surface area contributed by atoms with Crippen LogP contribution in [0.25, 0.3) is 0 Å². The number of ether oxygens (including phenoxy) is 2. The van der Waals surface area contributed by atoms with Gasteiger partial charge in [-0.1, -0.05) is 0 Å². The average molecular weight is 183 g/mol. The number of nitrogens with zero attached hydrogens (tertiary/aromatic N) is 1. The molecule has 0 atom stereocenters. The Hall–Kier alpha value is -1.13. The third-order valence-electron chi connectivity index (χ3n) is 1.51. The van der Waals surface area contributed by atoms with Crippen molar-refractivity contribution < 1.29 is 14.6 Å². The highest BCUT2D eigenvalue weighted by molar-refractivity contribution is 5.22. The van der Waals surface area contributed by atoms with E-state index in [1.807, 2.05) is 0 Å². The van der Waals surface area contributed by atoms with E-state index < -0.39 is 0 Å². The van der Waals surface area contributed by atoms with Crippen molar-refractivity contribution in [3.63, 3.8) is 0 Å². The maximum atomic E-state index is 8.79. The number of aliphatic hydroxyl groups excluding tert-OH is 1. The summed E-state index contributed by atoms with van der Waals surface area (Å²) in [5, 5.41) is 8.79. The van der Waals surface area contributed by atoms with E-state index in [-0.39, 0.29) is 6.61 Å². The van der Waals surface area contributed by atoms with E-state index in [9.17, 15) is 0 Å². The second-order valence-corrected chi connectivity index (χ2v) is 2.48. The highest BCUT2D eigenvalue weighted by Gasteiger charge is 1.96. The number of pyridine rings is 1. The van der Waals surface area contributed by atoms with Crippen LogP contribution < -0.4 is 4.74 Å². The quantitative estimate of drug-likeness (QED) is 0.679. The van der Waals surface area contributed by atoms with Crippen LogP contribution in [0.4, 0.5) is 0 Å². The molecule has 13 heavy (non-hydrogen) atoms. The first-order valence-electron chi connectivity index (χ1n) is 4.04. The van der Waals surface area contributed by atoms with Crippen molar-refractivity contribution in [1.29, 1.82) is 0 Å². The Labute approximate surface area is 77.1 Å². The lowest BCUT2D eigenvalue weighted by Gasteiger charge is -2.05. The lowest BCUT2D eigenvalue weighted by atomic mass is 10.3. The first-order chi connectivity index (χ1) is 6.36. The van der Waals surface area contributed by atoms with Crippen LogP contribution in [0, 0.1) is 0 Å². The molecule has 0 bridgehead atoms. The first-order valence-corrected chi connectivity index (χ1v) is 4.04. The van der Waals surface area contributed by atoms with Gasteiger partial charge in [0.1, 0.15) is 12.4 Å². The Balaban J connectivity index is 2.46. The number of hydrogen-bond donors (Lipinski definition) is 1. The van der Waals surface area contributed by atoms with Crippen LogP contribution in [0.1, 0.15) is 5.69 Å². The third kappa shape index (κ3) is 3.40. The lowest BCUT2D eigenvalue weighted by Crippen LogP contribution is -2.04. The van der Waals surface area contributed by atoms with E-state index in [0.717, 1.165) is 0 Å². The SMILES string of the molecule is COCCOc1ccnc(CO)c1. The minimum atomic E-state index is -0.0680. The predicted octanol–water partition coefficient (Wildman–Crippen LogP) is 0.599. The monoisotopic (exact) mass is 183 g/mol. The summed E-state index contributed by atoms with van der Waals surface area (Å²) in [5.74, 6) is 0.705. The summed E-state index contributed by atoms with van der Waals surface area (Å²) >= 11 is 0. The summed E-state index contributed by atoms with van der Waals surface area (Å²) in [5.41, 5.74) is 0.606. The van der Waals surface area contributed by atoms with Crippen molar-refractivity contribution in [3.05, 3.63) is 24.0 Å². The molecular formula is C9H13NO3. The molecule has 0 saturated heterocycles. The topological polar surface area (TPSA) is 51.6 Å². The van der Waals surface area contributed by atoms with Gasteiger partial charge < -0.3 is 14.6 Å². The molecule has 0 amide bonds. The zero-order valence-corrected chi connectivity index (χ0v) is 7.56. The van der Waals surface area contributed by atoms with Gasteiger partial charge in [0.25, 0.3) is 0 Å². The lowest BCUT2D eigenvalue weighted by molar-refractivity contribution is 0.146. The summed E-state index contributed by atoms with van der Waals surface area (Å²) < 4.78 is 10.1. The molecule has 0 aliphatic rings. The van der Waals surface area contributed by atoms with Gasteiger partial charge in [-0.3, -0.25) is 4.98 Å². The van der Waals surface area contributed by atoms with Gasteiger partial charge in [-0.15, -0.1) is 0 Å². The van der Waals surface area contributed by atoms with Crippen molar-refractivity contribution in [2.45, 2.75) is 6.61 Å². The highest BCUT2D eigenvalue weighted by atomic mass is 16.5. The smallest absolute Gasteiger partial charge is 0.122 e. The minimum absolute atomic E-state index is 0.0680. The van der Waals surface area contributed by atoms with E-state index in [2.05, 4.69) is 4.98 Å². The fraction of sp³-hybridized carbons (Fsp3) is 0.444. The van der Waals surface area contributed by atoms with Crippen LogP contribution in [0.3, 0.4) is 0 Å². The number of aromatic nitrogens is 1. The van der Waals surface area contributed by atoms with Crippen LogP contribution in [0.2, 0.25) is 0 Å². The summed E-state index contributed by atoms with van der Waals surface area (Å²) in [6.45, 7) is 0.990. The van der Waals surface area contributed by atoms with Crippen LogP contribution in [0.15, 0.2) is 18.3 Å². The first kappa shape index (κ1) is 9.95. The largest absolute Gasteiger partial charge is 0.491 e. The standard InChI is InChI=1S/C9H13NO3/c1-12-4-5-13-9-2-3-10-8(6-9)7-11/h2-3,6,11H,4-5,7H2,1H3. The maximum absolute atomic E-state index is 8.79. The number of aliphatic hydroxyl groups is 1. The van der Waals surface area contributed by atoms with Gasteiger partial charge in [0.05, 0.1) is 18.9 Å². The Morgan fingerprint density at radius 2 is 2.31 bits per heavy atom. The second kappa shape index (κ2) is 5.50. The van der Waals surface area contributed by atoms with Gasteiger partial charge in [-0.2, -0.15) is 0 Å². The molecule has 0 aliphatic heterocycles. The summed E-state index contributed by atoms with van der Waals surface area (Å²) in [6, 6.07) is 3.45. The molecule has 0 unspecified atom stereocenters. The van der Waals surface area contributed by atoms with E-state index >= 15 is 0 Å². The van der Waals surface area contributed by atoms with E-state index in [0.29, 0.717) is 24.7 Å². The van der Waals surface area contributed by atoms with Gasteiger partial charge in [0.15, 0.2) is 0 Å². The number of methoxy groups -OCH3 is 1. The molecule has 0 spiro atoms. The Kier molecular flexibility index (Phi) is 4.21. The molecule has 4 heteroatoms. The van der Waals surface area contributed by atoms with E-state index in [1.54, 1.807) is 25.4 Å². The molecular weight excluding hydrogens is 170 g/mol. The molecule has 0 radical (unpaired) electrons. The van der Waals surface area contributed by atoms with E-state index in [4.69, 9.17) is 14.6 Å². The number of hydrogen-bond acceptors (Lipinski definition) is 4. The van der Waals surface area contributed by atoms with Crippen LogP contribution >= 0.6 is 0 Å². The minimum Gasteiger partial charge on any atom is -0.491 e. The number of rotatable bonds is 5. The van der Waals surface area contributed by atoms with Crippen molar-refractivity contribution in [2.75, 3.05) is 20.3 Å². The molecule has 1 rings (SSSR count). The van der Waals surface area contributed by atoms with Crippen molar-refractivity contribution in [3.8, 4) is 5.75 Å². The van der Waals surface area contributed by atoms with Gasteiger partial charge in [0.2, 0.25) is 0 Å². The van der Waals surface area contributed by atoms with E-state index in [1.165, 1.54) is 0 Å². The molecule has 0 fully saturated rings. The molecule has 4 nitrogen and oxygen atoms in total. The van der Waals surface area contributed by atoms with Crippen LogP contribution in [0.5, 0.6) is 5.75 Å².